The molecule has 0 saturated heterocycles. The van der Waals surface area contributed by atoms with Crippen molar-refractivity contribution in [3.05, 3.63) is 41.5 Å². The van der Waals surface area contributed by atoms with Gasteiger partial charge in [0.25, 0.3) is 0 Å². The van der Waals surface area contributed by atoms with E-state index in [-0.39, 0.29) is 0 Å². The maximum absolute atomic E-state index is 5.56. The van der Waals surface area contributed by atoms with Crippen LogP contribution in [-0.4, -0.2) is 16.7 Å². The quantitative estimate of drug-likeness (QED) is 0.846. The molecule has 0 aliphatic heterocycles. The van der Waals surface area contributed by atoms with Crippen molar-refractivity contribution in [2.24, 2.45) is 0 Å². The first-order valence-electron chi connectivity index (χ1n) is 5.99. The largest absolute Gasteiger partial charge is 0.485 e. The summed E-state index contributed by atoms with van der Waals surface area (Å²) >= 11 is 0. The van der Waals surface area contributed by atoms with Gasteiger partial charge < -0.3 is 14.6 Å². The number of hydrogen-bond donors (Lipinski definition) is 1. The van der Waals surface area contributed by atoms with Crippen LogP contribution in [0, 0.1) is 6.92 Å². The fraction of sp³-hybridized carbons (Fsp3) is 0.385. The number of nitrogens with one attached hydrogen (secondary N) is 1. The molecule has 0 radical (unpaired) electrons. The Labute approximate surface area is 106 Å². The summed E-state index contributed by atoms with van der Waals surface area (Å²) in [7, 11) is 0. The van der Waals surface area contributed by atoms with E-state index in [1.807, 2.05) is 24.3 Å². The third-order valence-electron chi connectivity index (χ3n) is 2.44. The predicted octanol–water partition coefficient (Wildman–Crippen LogP) is 2.07. The minimum Gasteiger partial charge on any atom is -0.485 e. The highest BCUT2D eigenvalue weighted by atomic mass is 16.5. The molecule has 18 heavy (non-hydrogen) atoms. The molecule has 0 spiro atoms. The van der Waals surface area contributed by atoms with Gasteiger partial charge in [0, 0.05) is 13.5 Å². The normalized spacial score (nSPS) is 10.6. The molecule has 5 heteroatoms. The SMILES string of the molecule is CCNCc1ccc(OCc2noc(C)n2)cc1. The molecule has 2 rings (SSSR count). The highest BCUT2D eigenvalue weighted by Crippen LogP contribution is 2.13. The highest BCUT2D eigenvalue weighted by Gasteiger charge is 2.03. The molecule has 0 saturated carbocycles. The molecule has 0 bridgehead atoms. The van der Waals surface area contributed by atoms with Crippen molar-refractivity contribution in [1.82, 2.24) is 15.5 Å². The van der Waals surface area contributed by atoms with Crippen LogP contribution in [-0.2, 0) is 13.2 Å². The van der Waals surface area contributed by atoms with Gasteiger partial charge in [-0.05, 0) is 24.2 Å². The van der Waals surface area contributed by atoms with Gasteiger partial charge in [-0.2, -0.15) is 4.98 Å². The third kappa shape index (κ3) is 3.56. The Bertz CT molecular complexity index is 479. The summed E-state index contributed by atoms with van der Waals surface area (Å²) in [5, 5.41) is 7.04. The van der Waals surface area contributed by atoms with E-state index >= 15 is 0 Å². The maximum Gasteiger partial charge on any atom is 0.223 e. The Balaban J connectivity index is 1.86. The van der Waals surface area contributed by atoms with Crippen LogP contribution in [0.1, 0.15) is 24.2 Å². The fourth-order valence-corrected chi connectivity index (χ4v) is 1.52. The van der Waals surface area contributed by atoms with Crippen LogP contribution >= 0.6 is 0 Å². The van der Waals surface area contributed by atoms with Gasteiger partial charge in [0.15, 0.2) is 6.61 Å². The summed E-state index contributed by atoms with van der Waals surface area (Å²) in [6.07, 6.45) is 0. The first-order chi connectivity index (χ1) is 8.78. The third-order valence-corrected chi connectivity index (χ3v) is 2.44. The van der Waals surface area contributed by atoms with Crippen molar-refractivity contribution in [1.29, 1.82) is 0 Å². The second-order valence-corrected chi connectivity index (χ2v) is 3.94. The van der Waals surface area contributed by atoms with Crippen LogP contribution in [0.4, 0.5) is 0 Å². The van der Waals surface area contributed by atoms with Crippen molar-refractivity contribution in [3.8, 4) is 5.75 Å². The fourth-order valence-electron chi connectivity index (χ4n) is 1.52. The molecule has 1 aromatic heterocycles. The molecule has 96 valence electrons. The van der Waals surface area contributed by atoms with E-state index in [1.54, 1.807) is 6.92 Å². The van der Waals surface area contributed by atoms with E-state index in [0.29, 0.717) is 18.3 Å². The van der Waals surface area contributed by atoms with Crippen LogP contribution in [0.25, 0.3) is 0 Å². The Morgan fingerprint density at radius 3 is 2.67 bits per heavy atom. The first-order valence-corrected chi connectivity index (χ1v) is 5.99. The van der Waals surface area contributed by atoms with Crippen molar-refractivity contribution in [2.45, 2.75) is 27.0 Å². The van der Waals surface area contributed by atoms with Gasteiger partial charge >= 0.3 is 0 Å². The Kier molecular flexibility index (Phi) is 4.30. The molecule has 0 fully saturated rings. The van der Waals surface area contributed by atoms with Gasteiger partial charge in [-0.15, -0.1) is 0 Å². The smallest absolute Gasteiger partial charge is 0.223 e. The maximum atomic E-state index is 5.56. The zero-order chi connectivity index (χ0) is 12.8. The van der Waals surface area contributed by atoms with Crippen LogP contribution in [0.15, 0.2) is 28.8 Å². The van der Waals surface area contributed by atoms with Crippen molar-refractivity contribution in [3.63, 3.8) is 0 Å². The van der Waals surface area contributed by atoms with Crippen LogP contribution in [0.2, 0.25) is 0 Å². The summed E-state index contributed by atoms with van der Waals surface area (Å²) < 4.78 is 10.4. The van der Waals surface area contributed by atoms with E-state index in [9.17, 15) is 0 Å². The van der Waals surface area contributed by atoms with E-state index in [1.165, 1.54) is 5.56 Å². The topological polar surface area (TPSA) is 60.2 Å². The number of benzene rings is 1. The summed E-state index contributed by atoms with van der Waals surface area (Å²) in [5.41, 5.74) is 1.24. The van der Waals surface area contributed by atoms with Gasteiger partial charge in [0.1, 0.15) is 5.75 Å². The standard InChI is InChI=1S/C13H17N3O2/c1-3-14-8-11-4-6-12(7-5-11)17-9-13-15-10(2)18-16-13/h4-7,14H,3,8-9H2,1-2H3. The summed E-state index contributed by atoms with van der Waals surface area (Å²) in [5.74, 6) is 1.91. The van der Waals surface area contributed by atoms with Crippen molar-refractivity contribution >= 4 is 0 Å². The molecule has 1 heterocycles. The van der Waals surface area contributed by atoms with Gasteiger partial charge in [0.05, 0.1) is 0 Å². The molecular formula is C13H17N3O2. The van der Waals surface area contributed by atoms with Gasteiger partial charge in [0.2, 0.25) is 11.7 Å². The van der Waals surface area contributed by atoms with Crippen LogP contribution in [0.5, 0.6) is 5.75 Å². The van der Waals surface area contributed by atoms with Crippen LogP contribution in [0.3, 0.4) is 0 Å². The molecule has 0 amide bonds. The Morgan fingerprint density at radius 1 is 1.28 bits per heavy atom. The molecule has 0 aliphatic carbocycles. The lowest BCUT2D eigenvalue weighted by molar-refractivity contribution is 0.285. The van der Waals surface area contributed by atoms with Crippen LogP contribution < -0.4 is 10.1 Å². The predicted molar refractivity (Wildman–Crippen MR) is 67.2 cm³/mol. The highest BCUT2D eigenvalue weighted by molar-refractivity contribution is 5.27. The molecule has 0 aliphatic rings. The first kappa shape index (κ1) is 12.6. The lowest BCUT2D eigenvalue weighted by Crippen LogP contribution is -2.11. The minimum atomic E-state index is 0.323. The lowest BCUT2D eigenvalue weighted by atomic mass is 10.2. The number of aryl methyl sites for hydroxylation is 1. The molecule has 0 unspecified atom stereocenters. The van der Waals surface area contributed by atoms with E-state index in [0.717, 1.165) is 18.8 Å². The molecule has 2 aromatic rings. The second kappa shape index (κ2) is 6.16. The lowest BCUT2D eigenvalue weighted by Gasteiger charge is -2.05. The monoisotopic (exact) mass is 247 g/mol. The summed E-state index contributed by atoms with van der Waals surface area (Å²) in [4.78, 5) is 4.07. The summed E-state index contributed by atoms with van der Waals surface area (Å²) in [6, 6.07) is 7.97. The number of ether oxygens (including phenoxy) is 1. The van der Waals surface area contributed by atoms with Gasteiger partial charge in [-0.1, -0.05) is 24.2 Å². The minimum absolute atomic E-state index is 0.323. The number of hydrogen-bond acceptors (Lipinski definition) is 5. The number of aromatic nitrogens is 2. The Hall–Kier alpha value is -1.88. The Morgan fingerprint density at radius 2 is 2.06 bits per heavy atom. The van der Waals surface area contributed by atoms with Crippen molar-refractivity contribution < 1.29 is 9.26 Å². The molecule has 0 atom stereocenters. The molecule has 5 nitrogen and oxygen atoms in total. The zero-order valence-corrected chi connectivity index (χ0v) is 10.6. The van der Waals surface area contributed by atoms with E-state index in [2.05, 4.69) is 22.4 Å². The zero-order valence-electron chi connectivity index (χ0n) is 10.6. The average Bonchev–Trinajstić information content (AvgIpc) is 2.81. The van der Waals surface area contributed by atoms with Gasteiger partial charge in [-0.3, -0.25) is 0 Å². The summed E-state index contributed by atoms with van der Waals surface area (Å²) in [6.45, 7) is 6.01. The molecule has 1 N–H and O–H groups in total. The average molecular weight is 247 g/mol. The van der Waals surface area contributed by atoms with E-state index < -0.39 is 0 Å². The number of nitrogens with zero attached hydrogens (tertiary/aromatic N) is 2. The second-order valence-electron chi connectivity index (χ2n) is 3.94. The molecule has 1 aromatic carbocycles. The molecular weight excluding hydrogens is 230 g/mol. The van der Waals surface area contributed by atoms with Gasteiger partial charge in [-0.25, -0.2) is 0 Å². The van der Waals surface area contributed by atoms with E-state index in [4.69, 9.17) is 9.26 Å². The number of rotatable bonds is 6. The van der Waals surface area contributed by atoms with Crippen molar-refractivity contribution in [2.75, 3.05) is 6.54 Å².